The number of aryl methyl sites for hydroxylation is 1. The molecule has 1 aromatic carbocycles. The third kappa shape index (κ3) is 4.98. The third-order valence-electron chi connectivity index (χ3n) is 5.75. The Morgan fingerprint density at radius 2 is 1.94 bits per heavy atom. The molecule has 0 saturated heterocycles. The van der Waals surface area contributed by atoms with Crippen LogP contribution in [0, 0.1) is 6.92 Å². The Kier molecular flexibility index (Phi) is 5.99. The van der Waals surface area contributed by atoms with E-state index in [-0.39, 0.29) is 35.8 Å². The van der Waals surface area contributed by atoms with Crippen LogP contribution in [-0.2, 0) is 15.8 Å². The van der Waals surface area contributed by atoms with E-state index in [4.69, 9.17) is 0 Å². The number of nitrogens with zero attached hydrogens (tertiary/aromatic N) is 2. The first kappa shape index (κ1) is 22.0. The first-order valence-electron chi connectivity index (χ1n) is 10.5. The monoisotopic (exact) mass is 444 g/mol. The van der Waals surface area contributed by atoms with E-state index in [0.29, 0.717) is 23.1 Å². The van der Waals surface area contributed by atoms with Crippen LogP contribution in [-0.4, -0.2) is 35.1 Å². The topological polar surface area (TPSA) is 83.4 Å². The number of aromatic nitrogens is 1. The first-order valence-corrected chi connectivity index (χ1v) is 10.5. The maximum Gasteiger partial charge on any atom is 0.433 e. The van der Waals surface area contributed by atoms with E-state index in [1.165, 1.54) is 12.3 Å². The number of carbonyl (C=O) groups excluding carboxylic acids is 2. The normalized spacial score (nSPS) is 21.4. The fourth-order valence-corrected chi connectivity index (χ4v) is 4.19. The molecule has 2 amide bonds. The summed E-state index contributed by atoms with van der Waals surface area (Å²) >= 11 is 0. The van der Waals surface area contributed by atoms with Gasteiger partial charge in [-0.05, 0) is 56.9 Å². The second kappa shape index (κ2) is 8.72. The van der Waals surface area contributed by atoms with Crippen molar-refractivity contribution in [2.24, 2.45) is 4.99 Å². The molecule has 1 aromatic heterocycles. The molecule has 2 atom stereocenters. The second-order valence-corrected chi connectivity index (χ2v) is 8.29. The van der Waals surface area contributed by atoms with Crippen molar-refractivity contribution in [2.45, 2.75) is 57.3 Å². The highest BCUT2D eigenvalue weighted by atomic mass is 19.4. The number of halogens is 3. The van der Waals surface area contributed by atoms with Crippen LogP contribution in [0.1, 0.15) is 43.4 Å². The number of anilines is 1. The number of aliphatic imine (C=N–C) groups is 1. The van der Waals surface area contributed by atoms with Crippen LogP contribution in [0.3, 0.4) is 0 Å². The molecule has 2 N–H and O–H groups in total. The van der Waals surface area contributed by atoms with Crippen molar-refractivity contribution in [3.05, 3.63) is 47.2 Å². The van der Waals surface area contributed by atoms with Gasteiger partial charge in [0.05, 0.1) is 11.9 Å². The van der Waals surface area contributed by atoms with Gasteiger partial charge in [0, 0.05) is 34.9 Å². The molecule has 9 heteroatoms. The van der Waals surface area contributed by atoms with Crippen molar-refractivity contribution >= 4 is 34.6 Å². The van der Waals surface area contributed by atoms with Crippen LogP contribution in [0.5, 0.6) is 0 Å². The lowest BCUT2D eigenvalue weighted by Crippen LogP contribution is -2.42. The summed E-state index contributed by atoms with van der Waals surface area (Å²) in [6, 6.07) is 5.96. The van der Waals surface area contributed by atoms with Crippen molar-refractivity contribution in [3.63, 3.8) is 0 Å². The van der Waals surface area contributed by atoms with E-state index in [0.717, 1.165) is 30.9 Å². The molecule has 1 aliphatic carbocycles. The molecular formula is C23H23F3N4O2. The molecule has 0 radical (unpaired) electrons. The van der Waals surface area contributed by atoms with E-state index >= 15 is 0 Å². The van der Waals surface area contributed by atoms with Crippen molar-refractivity contribution in [1.29, 1.82) is 0 Å². The van der Waals surface area contributed by atoms with Gasteiger partial charge < -0.3 is 10.6 Å². The minimum absolute atomic E-state index is 0.0285. The largest absolute Gasteiger partial charge is 0.433 e. The third-order valence-corrected chi connectivity index (χ3v) is 5.75. The Hall–Kier alpha value is -3.23. The van der Waals surface area contributed by atoms with E-state index in [9.17, 15) is 22.8 Å². The molecule has 0 bridgehead atoms. The number of nitrogens with one attached hydrogen (secondary N) is 2. The van der Waals surface area contributed by atoms with Gasteiger partial charge in [0.1, 0.15) is 5.69 Å². The van der Waals surface area contributed by atoms with Crippen molar-refractivity contribution in [1.82, 2.24) is 10.3 Å². The lowest BCUT2D eigenvalue weighted by molar-refractivity contribution is -0.140. The maximum atomic E-state index is 13.4. The second-order valence-electron chi connectivity index (χ2n) is 8.29. The molecule has 32 heavy (non-hydrogen) atoms. The minimum atomic E-state index is -4.55. The summed E-state index contributed by atoms with van der Waals surface area (Å²) in [5, 5.41) is 6.86. The van der Waals surface area contributed by atoms with Crippen LogP contribution in [0.25, 0.3) is 10.9 Å². The molecule has 1 aliphatic heterocycles. The van der Waals surface area contributed by atoms with Crippen LogP contribution in [0.2, 0.25) is 0 Å². The molecule has 1 saturated carbocycles. The molecule has 0 unspecified atom stereocenters. The number of dihydropyridines is 1. The lowest BCUT2D eigenvalue weighted by atomic mass is 9.90. The average Bonchev–Trinajstić information content (AvgIpc) is 2.73. The molecule has 6 nitrogen and oxygen atoms in total. The number of rotatable bonds is 4. The molecule has 1 fully saturated rings. The average molecular weight is 444 g/mol. The Balaban J connectivity index is 1.52. The number of fused-ring (bicyclic) bond motifs is 1. The Morgan fingerprint density at radius 1 is 1.16 bits per heavy atom. The highest BCUT2D eigenvalue weighted by molar-refractivity contribution is 6.06. The minimum Gasteiger partial charge on any atom is -0.382 e. The Bertz CT molecular complexity index is 1120. The number of amides is 2. The SMILES string of the molecule is Cc1ccc2nc(C(F)(F)F)cc(N[C@H]3CCC[C@@H](NC(=O)C4=CC=NC(=O)C4)C3)c2c1. The fraction of sp³-hybridized carbons (Fsp3) is 0.391. The van der Waals surface area contributed by atoms with E-state index in [1.807, 2.05) is 13.0 Å². The first-order chi connectivity index (χ1) is 15.2. The predicted molar refractivity (Wildman–Crippen MR) is 115 cm³/mol. The van der Waals surface area contributed by atoms with Gasteiger partial charge in [0.25, 0.3) is 0 Å². The smallest absolute Gasteiger partial charge is 0.382 e. The molecule has 0 spiro atoms. The molecule has 2 heterocycles. The number of hydrogen-bond donors (Lipinski definition) is 2. The molecule has 4 rings (SSSR count). The number of pyridine rings is 1. The van der Waals surface area contributed by atoms with Gasteiger partial charge in [-0.25, -0.2) is 9.98 Å². The summed E-state index contributed by atoms with van der Waals surface area (Å²) in [5.41, 5.74) is 1.02. The summed E-state index contributed by atoms with van der Waals surface area (Å²) in [7, 11) is 0. The van der Waals surface area contributed by atoms with Gasteiger partial charge >= 0.3 is 6.18 Å². The summed E-state index contributed by atoms with van der Waals surface area (Å²) in [4.78, 5) is 31.3. The van der Waals surface area contributed by atoms with Crippen molar-refractivity contribution in [3.8, 4) is 0 Å². The van der Waals surface area contributed by atoms with Crippen LogP contribution in [0.15, 0.2) is 40.9 Å². The van der Waals surface area contributed by atoms with Crippen LogP contribution in [0.4, 0.5) is 18.9 Å². The van der Waals surface area contributed by atoms with Crippen molar-refractivity contribution < 1.29 is 22.8 Å². The van der Waals surface area contributed by atoms with Gasteiger partial charge in [0.15, 0.2) is 0 Å². The van der Waals surface area contributed by atoms with Crippen molar-refractivity contribution in [2.75, 3.05) is 5.32 Å². The lowest BCUT2D eigenvalue weighted by Gasteiger charge is -2.31. The number of benzene rings is 1. The zero-order chi connectivity index (χ0) is 22.9. The number of alkyl halides is 3. The summed E-state index contributed by atoms with van der Waals surface area (Å²) in [6.07, 6.45) is 1.20. The fourth-order valence-electron chi connectivity index (χ4n) is 4.19. The quantitative estimate of drug-likeness (QED) is 0.735. The summed E-state index contributed by atoms with van der Waals surface area (Å²) < 4.78 is 40.2. The van der Waals surface area contributed by atoms with E-state index in [1.54, 1.807) is 12.1 Å². The highest BCUT2D eigenvalue weighted by Crippen LogP contribution is 2.34. The molecule has 2 aliphatic rings. The zero-order valence-electron chi connectivity index (χ0n) is 17.5. The number of hydrogen-bond acceptors (Lipinski definition) is 4. The summed E-state index contributed by atoms with van der Waals surface area (Å²) in [6.45, 7) is 1.88. The Labute approximate surface area is 183 Å². The van der Waals surface area contributed by atoms with Crippen LogP contribution < -0.4 is 10.6 Å². The highest BCUT2D eigenvalue weighted by Gasteiger charge is 2.34. The summed E-state index contributed by atoms with van der Waals surface area (Å²) in [5.74, 6) is -0.666. The van der Waals surface area contributed by atoms with Gasteiger partial charge in [0.2, 0.25) is 11.8 Å². The molecule has 168 valence electrons. The van der Waals surface area contributed by atoms with Gasteiger partial charge in [-0.15, -0.1) is 0 Å². The van der Waals surface area contributed by atoms with Gasteiger partial charge in [-0.3, -0.25) is 9.59 Å². The maximum absolute atomic E-state index is 13.4. The standard InChI is InChI=1S/C23H23F3N4O2/c1-13-5-6-18-17(9-13)19(12-20(30-18)23(24,25)26)28-15-3-2-4-16(11-15)29-22(32)14-7-8-27-21(31)10-14/h5-9,12,15-16H,2-4,10-11H2,1H3,(H,28,30)(H,29,32)/t15-,16+/m0/s1. The van der Waals surface area contributed by atoms with Crippen LogP contribution >= 0.6 is 0 Å². The molecular weight excluding hydrogens is 421 g/mol. The van der Waals surface area contributed by atoms with Gasteiger partial charge in [-0.1, -0.05) is 11.6 Å². The number of carbonyl (C=O) groups is 2. The number of allylic oxidation sites excluding steroid dienone is 1. The van der Waals surface area contributed by atoms with Gasteiger partial charge in [-0.2, -0.15) is 13.2 Å². The zero-order valence-corrected chi connectivity index (χ0v) is 17.5. The predicted octanol–water partition coefficient (Wildman–Crippen LogP) is 4.33. The Morgan fingerprint density at radius 3 is 2.69 bits per heavy atom. The van der Waals surface area contributed by atoms with E-state index in [2.05, 4.69) is 20.6 Å². The van der Waals surface area contributed by atoms with E-state index < -0.39 is 11.9 Å². The molecule has 2 aromatic rings.